The highest BCUT2D eigenvalue weighted by atomic mass is 79.9. The zero-order valence-electron chi connectivity index (χ0n) is 18.2. The Bertz CT molecular complexity index is 1570. The number of anilines is 2. The van der Waals surface area contributed by atoms with E-state index in [9.17, 15) is 19.2 Å². The van der Waals surface area contributed by atoms with Crippen molar-refractivity contribution in [3.05, 3.63) is 104 Å². The number of carbonyl (C=O) groups is 3. The van der Waals surface area contributed by atoms with E-state index in [1.807, 2.05) is 5.43 Å². The first-order valence-electron chi connectivity index (χ1n) is 10.3. The third-order valence-corrected chi connectivity index (χ3v) is 5.62. The molecule has 1 heterocycles. The van der Waals surface area contributed by atoms with E-state index >= 15 is 0 Å². The highest BCUT2D eigenvalue weighted by Gasteiger charge is 2.18. The lowest BCUT2D eigenvalue weighted by molar-refractivity contribution is -0.136. The van der Waals surface area contributed by atoms with Gasteiger partial charge < -0.3 is 15.1 Å². The molecule has 4 rings (SSSR count). The molecule has 9 nitrogen and oxygen atoms in total. The maximum absolute atomic E-state index is 12.7. The van der Waals surface area contributed by atoms with E-state index in [1.54, 1.807) is 48.5 Å². The fourth-order valence-corrected chi connectivity index (χ4v) is 3.56. The van der Waals surface area contributed by atoms with Gasteiger partial charge in [0, 0.05) is 15.2 Å². The van der Waals surface area contributed by atoms with E-state index in [-0.39, 0.29) is 22.2 Å². The molecule has 3 aromatic carbocycles. The Hall–Kier alpha value is -4.28. The fourth-order valence-electron chi connectivity index (χ4n) is 3.12. The highest BCUT2D eigenvalue weighted by Crippen LogP contribution is 2.19. The molecule has 4 aromatic rings. The van der Waals surface area contributed by atoms with Crippen LogP contribution in [0, 0.1) is 0 Å². The Morgan fingerprint density at radius 3 is 2.47 bits per heavy atom. The minimum absolute atomic E-state index is 0.0421. The van der Waals surface area contributed by atoms with E-state index in [0.29, 0.717) is 16.3 Å². The van der Waals surface area contributed by atoms with E-state index in [4.69, 9.17) is 16.0 Å². The van der Waals surface area contributed by atoms with Crippen molar-refractivity contribution in [2.24, 2.45) is 5.10 Å². The molecule has 0 aliphatic carbocycles. The molecular weight excluding hydrogens is 552 g/mol. The normalized spacial score (nSPS) is 10.8. The Labute approximate surface area is 217 Å². The van der Waals surface area contributed by atoms with E-state index < -0.39 is 23.2 Å². The fraction of sp³-hybridized carbons (Fsp3) is 0. The molecule has 3 amide bonds. The summed E-state index contributed by atoms with van der Waals surface area (Å²) < 4.78 is 6.22. The number of carbonyl (C=O) groups excluding carboxylic acids is 3. The number of amides is 3. The molecule has 0 radical (unpaired) electrons. The average molecular weight is 568 g/mol. The summed E-state index contributed by atoms with van der Waals surface area (Å²) in [7, 11) is 0. The van der Waals surface area contributed by atoms with Gasteiger partial charge in [-0.2, -0.15) is 5.10 Å². The predicted molar refractivity (Wildman–Crippen MR) is 140 cm³/mol. The molecule has 0 unspecified atom stereocenters. The van der Waals surface area contributed by atoms with Crippen LogP contribution in [0.2, 0.25) is 5.02 Å². The molecular formula is C25H16BrClN4O5. The third kappa shape index (κ3) is 5.85. The average Bonchev–Trinajstić information content (AvgIpc) is 2.87. The Balaban J connectivity index is 1.42. The number of fused-ring (bicyclic) bond motifs is 1. The number of rotatable bonds is 5. The van der Waals surface area contributed by atoms with Crippen LogP contribution < -0.4 is 21.5 Å². The van der Waals surface area contributed by atoms with Crippen LogP contribution in [0.5, 0.6) is 0 Å². The van der Waals surface area contributed by atoms with Crippen molar-refractivity contribution >= 4 is 73.8 Å². The molecule has 0 spiro atoms. The first-order chi connectivity index (χ1) is 17.3. The van der Waals surface area contributed by atoms with Gasteiger partial charge in [-0.25, -0.2) is 5.43 Å². The van der Waals surface area contributed by atoms with E-state index in [2.05, 4.69) is 31.7 Å². The number of hydrazone groups is 1. The number of hydrogen-bond donors (Lipinski definition) is 3. The summed E-state index contributed by atoms with van der Waals surface area (Å²) in [6.45, 7) is 0. The Kier molecular flexibility index (Phi) is 7.57. The van der Waals surface area contributed by atoms with Crippen LogP contribution >= 0.6 is 27.5 Å². The lowest BCUT2D eigenvalue weighted by Crippen LogP contribution is -2.33. The topological polar surface area (TPSA) is 130 Å². The molecule has 0 saturated carbocycles. The first-order valence-corrected chi connectivity index (χ1v) is 11.5. The lowest BCUT2D eigenvalue weighted by atomic mass is 10.1. The highest BCUT2D eigenvalue weighted by molar-refractivity contribution is 9.10. The van der Waals surface area contributed by atoms with Gasteiger partial charge in [0.15, 0.2) is 0 Å². The summed E-state index contributed by atoms with van der Waals surface area (Å²) in [6.07, 6.45) is 2.23. The van der Waals surface area contributed by atoms with Crippen LogP contribution in [0.3, 0.4) is 0 Å². The van der Waals surface area contributed by atoms with Gasteiger partial charge in [0.05, 0.1) is 28.4 Å². The summed E-state index contributed by atoms with van der Waals surface area (Å²) in [5.41, 5.74) is 2.84. The lowest BCUT2D eigenvalue weighted by Gasteiger charge is -2.11. The van der Waals surface area contributed by atoms with Crippen molar-refractivity contribution in [2.45, 2.75) is 0 Å². The largest absolute Gasteiger partial charge is 0.463 e. The molecule has 0 aliphatic rings. The molecule has 36 heavy (non-hydrogen) atoms. The quantitative estimate of drug-likeness (QED) is 0.185. The van der Waals surface area contributed by atoms with Crippen LogP contribution in [0.1, 0.15) is 15.9 Å². The second-order valence-corrected chi connectivity index (χ2v) is 8.67. The summed E-state index contributed by atoms with van der Waals surface area (Å²) in [6, 6.07) is 17.8. The van der Waals surface area contributed by atoms with Gasteiger partial charge >= 0.3 is 11.8 Å². The van der Waals surface area contributed by atoms with Gasteiger partial charge in [-0.15, -0.1) is 0 Å². The van der Waals surface area contributed by atoms with Crippen molar-refractivity contribution < 1.29 is 18.8 Å². The maximum Gasteiger partial charge on any atom is 0.329 e. The van der Waals surface area contributed by atoms with Crippen LogP contribution in [0.25, 0.3) is 11.0 Å². The molecule has 0 aliphatic heterocycles. The second kappa shape index (κ2) is 11.0. The van der Waals surface area contributed by atoms with Crippen molar-refractivity contribution in [3.63, 3.8) is 0 Å². The minimum Gasteiger partial charge on any atom is -0.463 e. The molecule has 3 N–H and O–H groups in total. The number of para-hydroxylation sites is 1. The van der Waals surface area contributed by atoms with Gasteiger partial charge in [-0.1, -0.05) is 39.7 Å². The summed E-state index contributed by atoms with van der Waals surface area (Å²) in [5.74, 6) is -2.65. The van der Waals surface area contributed by atoms with E-state index in [1.165, 1.54) is 24.5 Å². The van der Waals surface area contributed by atoms with Crippen LogP contribution in [0.15, 0.2) is 91.8 Å². The molecule has 0 fully saturated rings. The molecule has 180 valence electrons. The van der Waals surface area contributed by atoms with Crippen LogP contribution in [0.4, 0.5) is 11.4 Å². The number of halogens is 2. The Morgan fingerprint density at radius 2 is 1.69 bits per heavy atom. The smallest absolute Gasteiger partial charge is 0.329 e. The standard InChI is InChI=1S/C25H16BrClN4O5/c26-15-5-8-17(9-6-15)29-23(33)18-3-1-2-4-20(18)30-24(34)25(35)31-28-12-14-13-36-21-10-7-16(27)11-19(21)22(14)32/h1-13H,(H,29,33)(H,30,34)(H,31,35)/b28-12-. The number of nitrogens with zero attached hydrogens (tertiary/aromatic N) is 1. The van der Waals surface area contributed by atoms with Gasteiger partial charge in [0.2, 0.25) is 5.43 Å². The van der Waals surface area contributed by atoms with E-state index in [0.717, 1.165) is 10.7 Å². The number of nitrogens with one attached hydrogen (secondary N) is 3. The molecule has 0 bridgehead atoms. The molecule has 11 heteroatoms. The SMILES string of the molecule is O=C(N/N=C\c1coc2ccc(Cl)cc2c1=O)C(=O)Nc1ccccc1C(=O)Nc1ccc(Br)cc1. The van der Waals surface area contributed by atoms with Crippen molar-refractivity contribution in [3.8, 4) is 0 Å². The van der Waals surface area contributed by atoms with Gasteiger partial charge in [0.25, 0.3) is 5.91 Å². The third-order valence-electron chi connectivity index (χ3n) is 4.86. The number of hydrogen-bond acceptors (Lipinski definition) is 6. The summed E-state index contributed by atoms with van der Waals surface area (Å²) >= 11 is 9.25. The molecule has 0 saturated heterocycles. The predicted octanol–water partition coefficient (Wildman–Crippen LogP) is 4.55. The zero-order valence-corrected chi connectivity index (χ0v) is 20.6. The number of benzene rings is 3. The minimum atomic E-state index is -1.11. The maximum atomic E-state index is 12.7. The first kappa shape index (κ1) is 24.8. The van der Waals surface area contributed by atoms with Gasteiger partial charge in [-0.3, -0.25) is 19.2 Å². The van der Waals surface area contributed by atoms with Gasteiger partial charge in [0.1, 0.15) is 11.8 Å². The second-order valence-electron chi connectivity index (χ2n) is 7.32. The van der Waals surface area contributed by atoms with Gasteiger partial charge in [-0.05, 0) is 54.6 Å². The summed E-state index contributed by atoms with van der Waals surface area (Å²) in [5, 5.41) is 9.37. The van der Waals surface area contributed by atoms with Crippen LogP contribution in [-0.2, 0) is 9.59 Å². The van der Waals surface area contributed by atoms with Crippen molar-refractivity contribution in [1.82, 2.24) is 5.43 Å². The molecule has 0 atom stereocenters. The molecule has 1 aromatic heterocycles. The summed E-state index contributed by atoms with van der Waals surface area (Å²) in [4.78, 5) is 49.8. The van der Waals surface area contributed by atoms with Crippen LogP contribution in [-0.4, -0.2) is 23.9 Å². The zero-order chi connectivity index (χ0) is 25.7. The monoisotopic (exact) mass is 566 g/mol. The van der Waals surface area contributed by atoms with Crippen molar-refractivity contribution in [1.29, 1.82) is 0 Å². The Morgan fingerprint density at radius 1 is 0.944 bits per heavy atom. The van der Waals surface area contributed by atoms with Crippen molar-refractivity contribution in [2.75, 3.05) is 10.6 Å².